The van der Waals surface area contributed by atoms with Gasteiger partial charge in [-0.15, -0.1) is 0 Å². The second kappa shape index (κ2) is 3.53. The predicted molar refractivity (Wildman–Crippen MR) is 47.8 cm³/mol. The summed E-state index contributed by atoms with van der Waals surface area (Å²) in [5.41, 5.74) is -0.741. The summed E-state index contributed by atoms with van der Waals surface area (Å²) < 4.78 is 0.164. The molecule has 0 aromatic heterocycles. The van der Waals surface area contributed by atoms with Gasteiger partial charge in [0.05, 0.1) is 9.40 Å². The standard InChI is InChI=1S/C7H4BrNO4/c8-5-3-1-2-4(7(10)11)6(5)9(12)13/h1-3H,(H,10,11). The number of carboxylic acids is 1. The van der Waals surface area contributed by atoms with Gasteiger partial charge in [0.1, 0.15) is 5.56 Å². The molecule has 0 saturated heterocycles. The fourth-order valence-corrected chi connectivity index (χ4v) is 1.38. The number of carbonyl (C=O) groups is 1. The number of hydrogen-bond acceptors (Lipinski definition) is 3. The zero-order valence-electron chi connectivity index (χ0n) is 6.23. The van der Waals surface area contributed by atoms with Crippen LogP contribution >= 0.6 is 15.9 Å². The van der Waals surface area contributed by atoms with Crippen LogP contribution in [0.4, 0.5) is 5.69 Å². The molecule has 1 aromatic rings. The number of aromatic carboxylic acids is 1. The maximum absolute atomic E-state index is 10.6. The number of nitro groups is 1. The molecule has 0 fully saturated rings. The molecule has 1 rings (SSSR count). The van der Waals surface area contributed by atoms with Crippen molar-refractivity contribution in [2.75, 3.05) is 0 Å². The Morgan fingerprint density at radius 1 is 1.54 bits per heavy atom. The molecule has 0 heterocycles. The van der Waals surface area contributed by atoms with E-state index in [-0.39, 0.29) is 10.0 Å². The largest absolute Gasteiger partial charge is 0.477 e. The van der Waals surface area contributed by atoms with Crippen LogP contribution in [0.1, 0.15) is 10.4 Å². The van der Waals surface area contributed by atoms with Gasteiger partial charge in [0.25, 0.3) is 5.69 Å². The van der Waals surface area contributed by atoms with E-state index in [1.807, 2.05) is 0 Å². The maximum Gasteiger partial charge on any atom is 0.342 e. The normalized spacial score (nSPS) is 9.62. The van der Waals surface area contributed by atoms with E-state index >= 15 is 0 Å². The highest BCUT2D eigenvalue weighted by Crippen LogP contribution is 2.28. The lowest BCUT2D eigenvalue weighted by Gasteiger charge is -1.98. The van der Waals surface area contributed by atoms with Crippen molar-refractivity contribution in [2.45, 2.75) is 0 Å². The average Bonchev–Trinajstić information content (AvgIpc) is 2.02. The molecule has 1 N–H and O–H groups in total. The van der Waals surface area contributed by atoms with E-state index in [1.165, 1.54) is 18.2 Å². The first-order valence-electron chi connectivity index (χ1n) is 3.20. The first-order chi connectivity index (χ1) is 6.04. The van der Waals surface area contributed by atoms with E-state index in [9.17, 15) is 14.9 Å². The third-order valence-electron chi connectivity index (χ3n) is 1.40. The van der Waals surface area contributed by atoms with Gasteiger partial charge in [-0.3, -0.25) is 10.1 Å². The van der Waals surface area contributed by atoms with Crippen molar-refractivity contribution in [2.24, 2.45) is 0 Å². The lowest BCUT2D eigenvalue weighted by molar-refractivity contribution is -0.386. The van der Waals surface area contributed by atoms with Gasteiger partial charge in [0.15, 0.2) is 0 Å². The van der Waals surface area contributed by atoms with Crippen LogP contribution in [-0.4, -0.2) is 16.0 Å². The quantitative estimate of drug-likeness (QED) is 0.639. The Balaban J connectivity index is 3.43. The van der Waals surface area contributed by atoms with E-state index in [2.05, 4.69) is 15.9 Å². The minimum Gasteiger partial charge on any atom is -0.477 e. The Morgan fingerprint density at radius 3 is 2.54 bits per heavy atom. The number of carboxylic acid groups (broad SMARTS) is 1. The summed E-state index contributed by atoms with van der Waals surface area (Å²) >= 11 is 2.91. The lowest BCUT2D eigenvalue weighted by atomic mass is 10.2. The van der Waals surface area contributed by atoms with Gasteiger partial charge in [-0.2, -0.15) is 0 Å². The fourth-order valence-electron chi connectivity index (χ4n) is 0.873. The van der Waals surface area contributed by atoms with Gasteiger partial charge < -0.3 is 5.11 Å². The molecule has 0 aliphatic heterocycles. The van der Waals surface area contributed by atoms with E-state index in [0.29, 0.717) is 0 Å². The molecule has 1 aromatic carbocycles. The molecule has 0 spiro atoms. The lowest BCUT2D eigenvalue weighted by Crippen LogP contribution is -2.02. The van der Waals surface area contributed by atoms with Crippen molar-refractivity contribution in [3.63, 3.8) is 0 Å². The summed E-state index contributed by atoms with van der Waals surface area (Å²) in [6.45, 7) is 0. The van der Waals surface area contributed by atoms with Gasteiger partial charge in [0.2, 0.25) is 0 Å². The van der Waals surface area contributed by atoms with Crippen LogP contribution in [0.15, 0.2) is 22.7 Å². The number of hydrogen-bond donors (Lipinski definition) is 1. The third-order valence-corrected chi connectivity index (χ3v) is 2.04. The zero-order valence-corrected chi connectivity index (χ0v) is 7.82. The van der Waals surface area contributed by atoms with Gasteiger partial charge >= 0.3 is 5.97 Å². The molecule has 5 nitrogen and oxygen atoms in total. The maximum atomic E-state index is 10.6. The molecule has 68 valence electrons. The summed E-state index contributed by atoms with van der Waals surface area (Å²) in [6.07, 6.45) is 0. The van der Waals surface area contributed by atoms with Crippen LogP contribution in [0.25, 0.3) is 0 Å². The highest BCUT2D eigenvalue weighted by molar-refractivity contribution is 9.10. The minimum absolute atomic E-state index is 0.164. The molecule has 6 heteroatoms. The molecule has 0 unspecified atom stereocenters. The van der Waals surface area contributed by atoms with Crippen LogP contribution in [0.5, 0.6) is 0 Å². The van der Waals surface area contributed by atoms with E-state index in [4.69, 9.17) is 5.11 Å². The fraction of sp³-hybridized carbons (Fsp3) is 0. The number of halogens is 1. The van der Waals surface area contributed by atoms with Crippen molar-refractivity contribution in [3.05, 3.63) is 38.3 Å². The zero-order chi connectivity index (χ0) is 10.0. The van der Waals surface area contributed by atoms with Crippen LogP contribution in [0, 0.1) is 10.1 Å². The molecule has 0 amide bonds. The second-order valence-electron chi connectivity index (χ2n) is 2.20. The van der Waals surface area contributed by atoms with E-state index in [0.717, 1.165) is 0 Å². The average molecular weight is 246 g/mol. The molecule has 13 heavy (non-hydrogen) atoms. The molecule has 0 atom stereocenters. The molecular formula is C7H4BrNO4. The Bertz CT molecular complexity index is 377. The van der Waals surface area contributed by atoms with Crippen molar-refractivity contribution in [1.82, 2.24) is 0 Å². The molecule has 0 aliphatic rings. The number of nitrogens with zero attached hydrogens (tertiary/aromatic N) is 1. The monoisotopic (exact) mass is 245 g/mol. The predicted octanol–water partition coefficient (Wildman–Crippen LogP) is 2.06. The third kappa shape index (κ3) is 1.83. The van der Waals surface area contributed by atoms with Crippen molar-refractivity contribution in [3.8, 4) is 0 Å². The Morgan fingerprint density at radius 2 is 2.15 bits per heavy atom. The number of para-hydroxylation sites is 1. The smallest absolute Gasteiger partial charge is 0.342 e. The molecule has 0 bridgehead atoms. The summed E-state index contributed by atoms with van der Waals surface area (Å²) in [4.78, 5) is 20.3. The summed E-state index contributed by atoms with van der Waals surface area (Å²) in [5.74, 6) is -1.31. The molecule has 0 aliphatic carbocycles. The number of benzene rings is 1. The second-order valence-corrected chi connectivity index (χ2v) is 3.05. The molecule has 0 saturated carbocycles. The van der Waals surface area contributed by atoms with E-state index in [1.54, 1.807) is 0 Å². The van der Waals surface area contributed by atoms with Crippen molar-refractivity contribution in [1.29, 1.82) is 0 Å². The first-order valence-corrected chi connectivity index (χ1v) is 3.99. The SMILES string of the molecule is O=C(O)c1cccc(Br)c1[N+](=O)[O-]. The Kier molecular flexibility index (Phi) is 2.62. The highest BCUT2D eigenvalue weighted by atomic mass is 79.9. The van der Waals surface area contributed by atoms with Crippen molar-refractivity contribution >= 4 is 27.6 Å². The summed E-state index contributed by atoms with van der Waals surface area (Å²) in [5, 5.41) is 19.1. The summed E-state index contributed by atoms with van der Waals surface area (Å²) in [7, 11) is 0. The van der Waals surface area contributed by atoms with Gasteiger partial charge in [-0.05, 0) is 28.1 Å². The minimum atomic E-state index is -1.31. The Hall–Kier alpha value is -1.43. The first kappa shape index (κ1) is 9.66. The topological polar surface area (TPSA) is 80.4 Å². The molecular weight excluding hydrogens is 242 g/mol. The van der Waals surface area contributed by atoms with Crippen LogP contribution in [0.2, 0.25) is 0 Å². The van der Waals surface area contributed by atoms with Crippen LogP contribution in [-0.2, 0) is 0 Å². The van der Waals surface area contributed by atoms with Gasteiger partial charge in [0, 0.05) is 0 Å². The number of rotatable bonds is 2. The molecule has 0 radical (unpaired) electrons. The summed E-state index contributed by atoms with van der Waals surface area (Å²) in [6, 6.07) is 4.04. The van der Waals surface area contributed by atoms with Crippen LogP contribution < -0.4 is 0 Å². The van der Waals surface area contributed by atoms with E-state index < -0.39 is 16.6 Å². The van der Waals surface area contributed by atoms with Crippen molar-refractivity contribution < 1.29 is 14.8 Å². The Labute approximate surface area is 81.3 Å². The van der Waals surface area contributed by atoms with Crippen LogP contribution in [0.3, 0.4) is 0 Å². The van der Waals surface area contributed by atoms with Gasteiger partial charge in [-0.1, -0.05) is 6.07 Å². The van der Waals surface area contributed by atoms with Gasteiger partial charge in [-0.25, -0.2) is 4.79 Å². The highest BCUT2D eigenvalue weighted by Gasteiger charge is 2.22. The number of nitro benzene ring substituents is 1.